The van der Waals surface area contributed by atoms with Crippen LogP contribution in [0.5, 0.6) is 0 Å². The Labute approximate surface area is 162 Å². The highest BCUT2D eigenvalue weighted by molar-refractivity contribution is 6.03. The molecule has 0 saturated heterocycles. The number of benzene rings is 2. The van der Waals surface area contributed by atoms with Crippen molar-refractivity contribution in [3.63, 3.8) is 0 Å². The molecule has 28 heavy (non-hydrogen) atoms. The molecule has 3 aromatic rings. The van der Waals surface area contributed by atoms with Crippen LogP contribution >= 0.6 is 0 Å². The van der Waals surface area contributed by atoms with Gasteiger partial charge in [0, 0.05) is 29.7 Å². The van der Waals surface area contributed by atoms with Crippen molar-refractivity contribution >= 4 is 23.1 Å². The van der Waals surface area contributed by atoms with Crippen molar-refractivity contribution in [2.45, 2.75) is 13.3 Å². The molecule has 0 saturated carbocycles. The van der Waals surface area contributed by atoms with Gasteiger partial charge in [0.25, 0.3) is 5.91 Å². The molecule has 0 radical (unpaired) electrons. The molecule has 5 nitrogen and oxygen atoms in total. The second kappa shape index (κ2) is 8.90. The van der Waals surface area contributed by atoms with Gasteiger partial charge in [0.2, 0.25) is 0 Å². The molecule has 1 heterocycles. The van der Waals surface area contributed by atoms with Crippen LogP contribution in [0.1, 0.15) is 33.3 Å². The number of nitrogens with zero attached hydrogens (tertiary/aromatic N) is 1. The van der Waals surface area contributed by atoms with Crippen LogP contribution in [0, 0.1) is 5.82 Å². The number of halogens is 1. The van der Waals surface area contributed by atoms with Crippen LogP contribution in [0.25, 0.3) is 0 Å². The predicted molar refractivity (Wildman–Crippen MR) is 107 cm³/mol. The second-order valence-electron chi connectivity index (χ2n) is 6.29. The van der Waals surface area contributed by atoms with Gasteiger partial charge in [-0.2, -0.15) is 0 Å². The summed E-state index contributed by atoms with van der Waals surface area (Å²) in [5.41, 5.74) is 2.78. The number of rotatable bonds is 7. The first-order chi connectivity index (χ1) is 13.5. The molecule has 0 spiro atoms. The molecule has 0 unspecified atom stereocenters. The van der Waals surface area contributed by atoms with Gasteiger partial charge in [0.05, 0.1) is 0 Å². The third-order valence-corrected chi connectivity index (χ3v) is 4.22. The van der Waals surface area contributed by atoms with E-state index in [0.717, 1.165) is 5.69 Å². The van der Waals surface area contributed by atoms with E-state index in [9.17, 15) is 14.0 Å². The summed E-state index contributed by atoms with van der Waals surface area (Å²) in [6.45, 7) is 2.01. The lowest BCUT2D eigenvalue weighted by Crippen LogP contribution is -2.14. The highest BCUT2D eigenvalue weighted by atomic mass is 19.1. The molecule has 0 aliphatic heterocycles. The fraction of sp³-hybridized carbons (Fsp3) is 0.136. The quantitative estimate of drug-likeness (QED) is 0.601. The Morgan fingerprint density at radius 2 is 1.75 bits per heavy atom. The normalized spacial score (nSPS) is 10.4. The number of carbonyl (C=O) groups is 2. The number of amides is 1. The van der Waals surface area contributed by atoms with Crippen molar-refractivity contribution in [3.8, 4) is 0 Å². The van der Waals surface area contributed by atoms with Crippen LogP contribution in [0.2, 0.25) is 0 Å². The minimum atomic E-state index is -0.353. The van der Waals surface area contributed by atoms with E-state index in [-0.39, 0.29) is 23.2 Å². The number of pyridine rings is 1. The lowest BCUT2D eigenvalue weighted by atomic mass is 10.1. The van der Waals surface area contributed by atoms with E-state index in [1.807, 2.05) is 0 Å². The van der Waals surface area contributed by atoms with E-state index < -0.39 is 0 Å². The largest absolute Gasteiger partial charge is 0.385 e. The predicted octanol–water partition coefficient (Wildman–Crippen LogP) is 4.33. The lowest BCUT2D eigenvalue weighted by Gasteiger charge is -2.09. The number of nitrogens with one attached hydrogen (secondary N) is 2. The topological polar surface area (TPSA) is 71.1 Å². The zero-order chi connectivity index (χ0) is 19.9. The Balaban J connectivity index is 1.59. The third-order valence-electron chi connectivity index (χ3n) is 4.22. The van der Waals surface area contributed by atoms with Gasteiger partial charge in [0.1, 0.15) is 11.5 Å². The highest BCUT2D eigenvalue weighted by Gasteiger charge is 2.09. The molecular formula is C22H20FN3O2. The minimum absolute atomic E-state index is 0.0336. The first-order valence-corrected chi connectivity index (χ1v) is 8.88. The molecule has 2 N–H and O–H groups in total. The average Bonchev–Trinajstić information content (AvgIpc) is 2.70. The van der Waals surface area contributed by atoms with Crippen LogP contribution in [0.3, 0.4) is 0 Å². The molecule has 6 heteroatoms. The Hall–Kier alpha value is -3.54. The third kappa shape index (κ3) is 5.01. The molecule has 0 fully saturated rings. The molecule has 0 bridgehead atoms. The summed E-state index contributed by atoms with van der Waals surface area (Å²) in [6.07, 6.45) is 2.07. The van der Waals surface area contributed by atoms with Crippen molar-refractivity contribution in [2.24, 2.45) is 0 Å². The molecular weight excluding hydrogens is 357 g/mol. The van der Waals surface area contributed by atoms with E-state index in [1.165, 1.54) is 13.0 Å². The van der Waals surface area contributed by atoms with Crippen LogP contribution in [0.15, 0.2) is 66.9 Å². The zero-order valence-corrected chi connectivity index (χ0v) is 15.4. The fourth-order valence-corrected chi connectivity index (χ4v) is 2.69. The van der Waals surface area contributed by atoms with Crippen LogP contribution < -0.4 is 10.6 Å². The maximum absolute atomic E-state index is 13.7. The Morgan fingerprint density at radius 1 is 1.00 bits per heavy atom. The van der Waals surface area contributed by atoms with Gasteiger partial charge in [0.15, 0.2) is 5.78 Å². The van der Waals surface area contributed by atoms with E-state index in [4.69, 9.17) is 0 Å². The maximum Gasteiger partial charge on any atom is 0.274 e. The average molecular weight is 377 g/mol. The summed E-state index contributed by atoms with van der Waals surface area (Å²) >= 11 is 0. The van der Waals surface area contributed by atoms with Gasteiger partial charge < -0.3 is 10.6 Å². The van der Waals surface area contributed by atoms with Gasteiger partial charge in [-0.1, -0.05) is 18.2 Å². The van der Waals surface area contributed by atoms with E-state index in [1.54, 1.807) is 60.8 Å². The van der Waals surface area contributed by atoms with Crippen LogP contribution in [-0.4, -0.2) is 23.2 Å². The van der Waals surface area contributed by atoms with Crippen molar-refractivity contribution in [2.75, 3.05) is 17.2 Å². The number of hydrogen-bond acceptors (Lipinski definition) is 4. The molecule has 0 aliphatic carbocycles. The Bertz CT molecular complexity index is 987. The highest BCUT2D eigenvalue weighted by Crippen LogP contribution is 2.14. The molecule has 0 aliphatic rings. The first-order valence-electron chi connectivity index (χ1n) is 8.88. The van der Waals surface area contributed by atoms with E-state index in [2.05, 4.69) is 15.6 Å². The monoisotopic (exact) mass is 377 g/mol. The van der Waals surface area contributed by atoms with Gasteiger partial charge in [-0.25, -0.2) is 4.39 Å². The molecule has 0 atom stereocenters. The number of carbonyl (C=O) groups excluding carboxylic acids is 2. The van der Waals surface area contributed by atoms with Gasteiger partial charge >= 0.3 is 0 Å². The summed E-state index contributed by atoms with van der Waals surface area (Å²) in [5, 5.41) is 5.93. The summed E-state index contributed by atoms with van der Waals surface area (Å²) in [7, 11) is 0. The van der Waals surface area contributed by atoms with E-state index in [0.29, 0.717) is 29.8 Å². The van der Waals surface area contributed by atoms with Gasteiger partial charge in [-0.05, 0) is 61.4 Å². The summed E-state index contributed by atoms with van der Waals surface area (Å²) in [5.74, 6) is -0.614. The fourth-order valence-electron chi connectivity index (χ4n) is 2.69. The van der Waals surface area contributed by atoms with Crippen LogP contribution in [0.4, 0.5) is 15.8 Å². The van der Waals surface area contributed by atoms with Gasteiger partial charge in [-0.15, -0.1) is 0 Å². The molecule has 1 amide bonds. The lowest BCUT2D eigenvalue weighted by molar-refractivity contribution is 0.101. The Morgan fingerprint density at radius 3 is 2.46 bits per heavy atom. The Kier molecular flexibility index (Phi) is 6.11. The molecule has 1 aromatic heterocycles. The maximum atomic E-state index is 13.7. The number of ketones is 1. The first kappa shape index (κ1) is 19.2. The summed E-state index contributed by atoms with van der Waals surface area (Å²) in [4.78, 5) is 27.8. The number of aromatic nitrogens is 1. The molecule has 3 rings (SSSR count). The van der Waals surface area contributed by atoms with Crippen molar-refractivity contribution in [3.05, 3.63) is 89.5 Å². The smallest absolute Gasteiger partial charge is 0.274 e. The summed E-state index contributed by atoms with van der Waals surface area (Å²) < 4.78 is 13.7. The van der Waals surface area contributed by atoms with E-state index >= 15 is 0 Å². The second-order valence-corrected chi connectivity index (χ2v) is 6.29. The number of Topliss-reactive ketones (excluding diaryl/α,β-unsaturated/α-hetero) is 1. The zero-order valence-electron chi connectivity index (χ0n) is 15.4. The van der Waals surface area contributed by atoms with Gasteiger partial charge in [-0.3, -0.25) is 14.6 Å². The summed E-state index contributed by atoms with van der Waals surface area (Å²) in [6, 6.07) is 16.7. The van der Waals surface area contributed by atoms with Crippen LogP contribution in [-0.2, 0) is 6.42 Å². The molecule has 142 valence electrons. The van der Waals surface area contributed by atoms with Crippen molar-refractivity contribution in [1.82, 2.24) is 4.98 Å². The number of anilines is 2. The SMILES string of the molecule is CC(=O)c1ccc(NC(=O)c2cc(NCCc3ccccc3F)ccn2)cc1. The molecule has 2 aromatic carbocycles. The van der Waals surface area contributed by atoms with Crippen molar-refractivity contribution in [1.29, 1.82) is 0 Å². The minimum Gasteiger partial charge on any atom is -0.385 e. The standard InChI is InChI=1S/C22H20FN3O2/c1-15(27)16-6-8-18(9-7-16)26-22(28)21-14-19(11-13-25-21)24-12-10-17-4-2-3-5-20(17)23/h2-9,11,13-14H,10,12H2,1H3,(H,24,25)(H,26,28). The number of hydrogen-bond donors (Lipinski definition) is 2. The van der Waals surface area contributed by atoms with Crippen molar-refractivity contribution < 1.29 is 14.0 Å².